The Kier molecular flexibility index (Phi) is 13.1. The van der Waals surface area contributed by atoms with Crippen LogP contribution >= 0.6 is 0 Å². The van der Waals surface area contributed by atoms with Crippen LogP contribution < -0.4 is 4.74 Å². The van der Waals surface area contributed by atoms with E-state index in [0.29, 0.717) is 0 Å². The Morgan fingerprint density at radius 2 is 1.10 bits per heavy atom. The molecule has 172 valence electrons. The molecule has 1 atom stereocenters. The fraction of sp³-hybridized carbons (Fsp3) is 0.586. The molecule has 0 aliphatic carbocycles. The number of hydrogen-bond donors (Lipinski definition) is 0. The van der Waals surface area contributed by atoms with Crippen LogP contribution in [0.2, 0.25) is 0 Å². The normalized spacial score (nSPS) is 12.1. The molecule has 0 fully saturated rings. The van der Waals surface area contributed by atoms with Gasteiger partial charge in [0.05, 0.1) is 12.7 Å². The van der Waals surface area contributed by atoms with E-state index in [4.69, 9.17) is 9.47 Å². The van der Waals surface area contributed by atoms with Crippen LogP contribution in [0, 0.1) is 0 Å². The zero-order valence-electron chi connectivity index (χ0n) is 20.2. The molecule has 2 nitrogen and oxygen atoms in total. The first-order valence-corrected chi connectivity index (χ1v) is 12.7. The first-order valence-electron chi connectivity index (χ1n) is 12.7. The minimum Gasteiger partial charge on any atom is -0.494 e. The van der Waals surface area contributed by atoms with Crippen molar-refractivity contribution in [3.63, 3.8) is 0 Å². The fourth-order valence-electron chi connectivity index (χ4n) is 3.79. The molecule has 0 radical (unpaired) electrons. The van der Waals surface area contributed by atoms with E-state index in [1.807, 2.05) is 0 Å². The molecule has 0 saturated heterocycles. The quantitative estimate of drug-likeness (QED) is 0.236. The van der Waals surface area contributed by atoms with Crippen molar-refractivity contribution in [2.75, 3.05) is 13.2 Å². The minimum absolute atomic E-state index is 0.150. The molecule has 2 heteroatoms. The third kappa shape index (κ3) is 10.4. The van der Waals surface area contributed by atoms with E-state index in [9.17, 15) is 0 Å². The Balaban J connectivity index is 1.65. The topological polar surface area (TPSA) is 18.5 Å². The van der Waals surface area contributed by atoms with Gasteiger partial charge in [0, 0.05) is 6.61 Å². The Labute approximate surface area is 191 Å². The SMILES string of the molecule is CCCCCCCCCCCOC(C)c1ccc(-c2ccc(OCCCC)cc2)cc1. The first kappa shape index (κ1) is 25.5. The summed E-state index contributed by atoms with van der Waals surface area (Å²) in [6.45, 7) is 8.27. The lowest BCUT2D eigenvalue weighted by Crippen LogP contribution is -2.01. The summed E-state index contributed by atoms with van der Waals surface area (Å²) in [5.74, 6) is 0.951. The van der Waals surface area contributed by atoms with E-state index in [1.165, 1.54) is 74.5 Å². The van der Waals surface area contributed by atoms with Gasteiger partial charge < -0.3 is 9.47 Å². The van der Waals surface area contributed by atoms with Crippen molar-refractivity contribution in [1.82, 2.24) is 0 Å². The monoisotopic (exact) mass is 424 g/mol. The zero-order chi connectivity index (χ0) is 22.2. The molecule has 2 aromatic carbocycles. The maximum absolute atomic E-state index is 6.08. The van der Waals surface area contributed by atoms with Gasteiger partial charge in [-0.3, -0.25) is 0 Å². The van der Waals surface area contributed by atoms with E-state index in [0.717, 1.165) is 31.8 Å². The molecule has 0 aliphatic rings. The molecule has 0 amide bonds. The molecule has 2 aromatic rings. The summed E-state index contributed by atoms with van der Waals surface area (Å²) in [4.78, 5) is 0. The van der Waals surface area contributed by atoms with Crippen molar-refractivity contribution < 1.29 is 9.47 Å². The second kappa shape index (κ2) is 15.9. The Bertz CT molecular complexity index is 675. The molecule has 0 aromatic heterocycles. The van der Waals surface area contributed by atoms with Crippen LogP contribution in [0.3, 0.4) is 0 Å². The van der Waals surface area contributed by atoms with Crippen molar-refractivity contribution in [2.24, 2.45) is 0 Å². The summed E-state index contributed by atoms with van der Waals surface area (Å²) in [5, 5.41) is 0. The van der Waals surface area contributed by atoms with Crippen LogP contribution in [-0.2, 0) is 4.74 Å². The second-order valence-corrected chi connectivity index (χ2v) is 8.69. The summed E-state index contributed by atoms with van der Waals surface area (Å²) in [6.07, 6.45) is 14.6. The van der Waals surface area contributed by atoms with Crippen LogP contribution in [0.5, 0.6) is 5.75 Å². The molecule has 0 heterocycles. The molecular weight excluding hydrogens is 380 g/mol. The van der Waals surface area contributed by atoms with Gasteiger partial charge in [0.25, 0.3) is 0 Å². The summed E-state index contributed by atoms with van der Waals surface area (Å²) >= 11 is 0. The van der Waals surface area contributed by atoms with Gasteiger partial charge in [-0.25, -0.2) is 0 Å². The van der Waals surface area contributed by atoms with Gasteiger partial charge in [-0.05, 0) is 48.6 Å². The lowest BCUT2D eigenvalue weighted by molar-refractivity contribution is 0.0627. The van der Waals surface area contributed by atoms with Crippen LogP contribution in [-0.4, -0.2) is 13.2 Å². The van der Waals surface area contributed by atoms with Gasteiger partial charge in [0.2, 0.25) is 0 Å². The standard InChI is InChI=1S/C29H44O2/c1-4-6-8-9-10-11-12-13-14-24-30-25(3)26-15-17-27(18-16-26)28-19-21-29(22-20-28)31-23-7-5-2/h15-22,25H,4-14,23-24H2,1-3H3. The predicted octanol–water partition coefficient (Wildman–Crippen LogP) is 9.14. The van der Waals surface area contributed by atoms with E-state index in [-0.39, 0.29) is 6.10 Å². The molecule has 0 bridgehead atoms. The molecule has 0 spiro atoms. The molecule has 0 N–H and O–H groups in total. The van der Waals surface area contributed by atoms with Gasteiger partial charge in [-0.15, -0.1) is 0 Å². The molecular formula is C29H44O2. The molecule has 2 rings (SSSR count). The minimum atomic E-state index is 0.150. The lowest BCUT2D eigenvalue weighted by Gasteiger charge is -2.14. The zero-order valence-corrected chi connectivity index (χ0v) is 20.2. The number of ether oxygens (including phenoxy) is 2. The highest BCUT2D eigenvalue weighted by atomic mass is 16.5. The van der Waals surface area contributed by atoms with Gasteiger partial charge >= 0.3 is 0 Å². The van der Waals surface area contributed by atoms with Crippen molar-refractivity contribution in [3.8, 4) is 16.9 Å². The van der Waals surface area contributed by atoms with Gasteiger partial charge in [-0.2, -0.15) is 0 Å². The summed E-state index contributed by atoms with van der Waals surface area (Å²) in [5.41, 5.74) is 3.70. The largest absolute Gasteiger partial charge is 0.494 e. The highest BCUT2D eigenvalue weighted by Gasteiger charge is 2.06. The number of benzene rings is 2. The van der Waals surface area contributed by atoms with E-state index in [1.54, 1.807) is 0 Å². The van der Waals surface area contributed by atoms with E-state index >= 15 is 0 Å². The lowest BCUT2D eigenvalue weighted by atomic mass is 10.0. The van der Waals surface area contributed by atoms with Crippen molar-refractivity contribution >= 4 is 0 Å². The number of rotatable bonds is 17. The van der Waals surface area contributed by atoms with Crippen molar-refractivity contribution in [1.29, 1.82) is 0 Å². The van der Waals surface area contributed by atoms with Crippen LogP contribution in [0.1, 0.15) is 103 Å². The Morgan fingerprint density at radius 3 is 1.68 bits per heavy atom. The third-order valence-electron chi connectivity index (χ3n) is 5.95. The van der Waals surface area contributed by atoms with Crippen LogP contribution in [0.15, 0.2) is 48.5 Å². The molecule has 0 saturated carbocycles. The molecule has 31 heavy (non-hydrogen) atoms. The van der Waals surface area contributed by atoms with Crippen LogP contribution in [0.25, 0.3) is 11.1 Å². The van der Waals surface area contributed by atoms with Gasteiger partial charge in [0.15, 0.2) is 0 Å². The maximum atomic E-state index is 6.08. The number of unbranched alkanes of at least 4 members (excludes halogenated alkanes) is 9. The van der Waals surface area contributed by atoms with Crippen molar-refractivity contribution in [2.45, 2.75) is 97.5 Å². The van der Waals surface area contributed by atoms with Crippen LogP contribution in [0.4, 0.5) is 0 Å². The average Bonchev–Trinajstić information content (AvgIpc) is 2.81. The summed E-state index contributed by atoms with van der Waals surface area (Å²) < 4.78 is 11.8. The fourth-order valence-corrected chi connectivity index (χ4v) is 3.79. The average molecular weight is 425 g/mol. The second-order valence-electron chi connectivity index (χ2n) is 8.69. The highest BCUT2D eigenvalue weighted by Crippen LogP contribution is 2.25. The van der Waals surface area contributed by atoms with E-state index < -0.39 is 0 Å². The van der Waals surface area contributed by atoms with E-state index in [2.05, 4.69) is 69.3 Å². The molecule has 1 unspecified atom stereocenters. The Hall–Kier alpha value is -1.80. The highest BCUT2D eigenvalue weighted by molar-refractivity contribution is 5.64. The van der Waals surface area contributed by atoms with Crippen molar-refractivity contribution in [3.05, 3.63) is 54.1 Å². The maximum Gasteiger partial charge on any atom is 0.119 e. The third-order valence-corrected chi connectivity index (χ3v) is 5.95. The number of hydrogen-bond acceptors (Lipinski definition) is 2. The van der Waals surface area contributed by atoms with Gasteiger partial charge in [0.1, 0.15) is 5.75 Å². The smallest absolute Gasteiger partial charge is 0.119 e. The summed E-state index contributed by atoms with van der Waals surface area (Å²) in [7, 11) is 0. The summed E-state index contributed by atoms with van der Waals surface area (Å²) in [6, 6.07) is 17.2. The Morgan fingerprint density at radius 1 is 0.581 bits per heavy atom. The molecule has 0 aliphatic heterocycles. The predicted molar refractivity (Wildman–Crippen MR) is 134 cm³/mol. The first-order chi connectivity index (χ1) is 15.2. The van der Waals surface area contributed by atoms with Gasteiger partial charge in [-0.1, -0.05) is 108 Å².